The van der Waals surface area contributed by atoms with E-state index < -0.39 is 0 Å². The van der Waals surface area contributed by atoms with Crippen molar-refractivity contribution in [3.8, 4) is 11.5 Å². The molecule has 0 aliphatic carbocycles. The maximum absolute atomic E-state index is 11.9. The Morgan fingerprint density at radius 3 is 2.92 bits per heavy atom. The molecule has 0 saturated carbocycles. The first-order valence-electron chi connectivity index (χ1n) is 8.78. The molecular formula is C19H26N2O3. The van der Waals surface area contributed by atoms with Crippen LogP contribution < -0.4 is 14.8 Å². The summed E-state index contributed by atoms with van der Waals surface area (Å²) in [5.41, 5.74) is 0.928. The van der Waals surface area contributed by atoms with E-state index in [4.69, 9.17) is 9.47 Å². The maximum atomic E-state index is 11.9. The van der Waals surface area contributed by atoms with Crippen molar-refractivity contribution >= 4 is 12.0 Å². The van der Waals surface area contributed by atoms with Crippen molar-refractivity contribution in [2.75, 3.05) is 33.0 Å². The van der Waals surface area contributed by atoms with Gasteiger partial charge in [-0.1, -0.05) is 13.0 Å². The van der Waals surface area contributed by atoms with Crippen LogP contribution in [0, 0.1) is 5.92 Å². The van der Waals surface area contributed by atoms with Gasteiger partial charge in [-0.3, -0.25) is 4.79 Å². The van der Waals surface area contributed by atoms with E-state index in [2.05, 4.69) is 17.1 Å². The van der Waals surface area contributed by atoms with Gasteiger partial charge < -0.3 is 19.7 Å². The Kier molecular flexibility index (Phi) is 5.75. The Hall–Kier alpha value is -2.01. The molecule has 2 aliphatic heterocycles. The lowest BCUT2D eigenvalue weighted by Gasteiger charge is -2.30. The van der Waals surface area contributed by atoms with Crippen LogP contribution in [-0.2, 0) is 4.79 Å². The number of nitrogens with zero attached hydrogens (tertiary/aromatic N) is 1. The van der Waals surface area contributed by atoms with Crippen LogP contribution in [0.5, 0.6) is 11.5 Å². The number of piperidine rings is 1. The Bertz CT molecular complexity index is 592. The second kappa shape index (κ2) is 8.20. The highest BCUT2D eigenvalue weighted by atomic mass is 16.7. The normalized spacial score (nSPS) is 18.2. The zero-order valence-corrected chi connectivity index (χ0v) is 14.3. The zero-order valence-electron chi connectivity index (χ0n) is 14.3. The molecular weight excluding hydrogens is 304 g/mol. The summed E-state index contributed by atoms with van der Waals surface area (Å²) < 4.78 is 10.6. The Morgan fingerprint density at radius 2 is 2.08 bits per heavy atom. The number of rotatable bonds is 6. The van der Waals surface area contributed by atoms with Gasteiger partial charge in [0.1, 0.15) is 0 Å². The minimum Gasteiger partial charge on any atom is -0.454 e. The van der Waals surface area contributed by atoms with Crippen molar-refractivity contribution in [2.24, 2.45) is 5.92 Å². The van der Waals surface area contributed by atoms with Gasteiger partial charge >= 0.3 is 0 Å². The van der Waals surface area contributed by atoms with Crippen LogP contribution in [0.1, 0.15) is 31.7 Å². The molecule has 1 fully saturated rings. The molecule has 1 N–H and O–H groups in total. The van der Waals surface area contributed by atoms with E-state index in [1.807, 2.05) is 18.2 Å². The number of likely N-dealkylation sites (tertiary alicyclic amines) is 1. The predicted molar refractivity (Wildman–Crippen MR) is 94.1 cm³/mol. The second-order valence-corrected chi connectivity index (χ2v) is 6.61. The lowest BCUT2D eigenvalue weighted by molar-refractivity contribution is -0.116. The van der Waals surface area contributed by atoms with E-state index in [9.17, 15) is 4.79 Å². The molecule has 1 aromatic rings. The molecule has 24 heavy (non-hydrogen) atoms. The molecule has 1 saturated heterocycles. The summed E-state index contributed by atoms with van der Waals surface area (Å²) in [6.07, 6.45) is 6.96. The van der Waals surface area contributed by atoms with Gasteiger partial charge in [0.05, 0.1) is 0 Å². The molecule has 5 heteroatoms. The molecule has 0 spiro atoms. The molecule has 0 bridgehead atoms. The highest BCUT2D eigenvalue weighted by Crippen LogP contribution is 2.32. The lowest BCUT2D eigenvalue weighted by Crippen LogP contribution is -2.35. The van der Waals surface area contributed by atoms with E-state index in [-0.39, 0.29) is 12.7 Å². The number of hydrogen-bond donors (Lipinski definition) is 1. The molecule has 1 aromatic carbocycles. The number of amides is 1. The van der Waals surface area contributed by atoms with E-state index in [1.165, 1.54) is 25.9 Å². The van der Waals surface area contributed by atoms with Crippen molar-refractivity contribution in [2.45, 2.75) is 26.2 Å². The Labute approximate surface area is 143 Å². The fourth-order valence-corrected chi connectivity index (χ4v) is 3.05. The summed E-state index contributed by atoms with van der Waals surface area (Å²) in [5.74, 6) is 2.29. The fraction of sp³-hybridized carbons (Fsp3) is 0.526. The zero-order chi connectivity index (χ0) is 16.8. The minimum atomic E-state index is -0.0556. The summed E-state index contributed by atoms with van der Waals surface area (Å²) in [6, 6.07) is 5.65. The average molecular weight is 330 g/mol. The molecule has 2 aliphatic rings. The molecule has 0 atom stereocenters. The summed E-state index contributed by atoms with van der Waals surface area (Å²) >= 11 is 0. The van der Waals surface area contributed by atoms with Crippen LogP contribution in [0.25, 0.3) is 6.08 Å². The molecule has 5 nitrogen and oxygen atoms in total. The van der Waals surface area contributed by atoms with E-state index in [1.54, 1.807) is 12.2 Å². The fourth-order valence-electron chi connectivity index (χ4n) is 3.05. The SMILES string of the molecule is CC1CCN(CCCNC(=O)/C=C/c2ccc3c(c2)OCO3)CC1. The van der Waals surface area contributed by atoms with E-state index in [0.717, 1.165) is 42.5 Å². The summed E-state index contributed by atoms with van der Waals surface area (Å²) in [7, 11) is 0. The number of carbonyl (C=O) groups excluding carboxylic acids is 1. The van der Waals surface area contributed by atoms with Gasteiger partial charge in [0, 0.05) is 12.6 Å². The van der Waals surface area contributed by atoms with Gasteiger partial charge in [-0.25, -0.2) is 0 Å². The molecule has 0 unspecified atom stereocenters. The van der Waals surface area contributed by atoms with E-state index >= 15 is 0 Å². The third kappa shape index (κ3) is 4.74. The molecule has 0 radical (unpaired) electrons. The summed E-state index contributed by atoms with van der Waals surface area (Å²) in [6.45, 7) is 6.76. The number of fused-ring (bicyclic) bond motifs is 1. The first-order valence-corrected chi connectivity index (χ1v) is 8.78. The number of benzene rings is 1. The molecule has 2 heterocycles. The number of hydrogen-bond acceptors (Lipinski definition) is 4. The third-order valence-electron chi connectivity index (χ3n) is 4.65. The maximum Gasteiger partial charge on any atom is 0.243 e. The van der Waals surface area contributed by atoms with Crippen molar-refractivity contribution in [3.63, 3.8) is 0 Å². The Morgan fingerprint density at radius 1 is 1.29 bits per heavy atom. The first kappa shape index (κ1) is 16.8. The van der Waals surface area contributed by atoms with Crippen molar-refractivity contribution in [1.29, 1.82) is 0 Å². The van der Waals surface area contributed by atoms with Gasteiger partial charge in [0.2, 0.25) is 12.7 Å². The van der Waals surface area contributed by atoms with Gasteiger partial charge in [-0.05, 0) is 68.6 Å². The quantitative estimate of drug-likeness (QED) is 0.643. The van der Waals surface area contributed by atoms with Crippen LogP contribution in [0.2, 0.25) is 0 Å². The van der Waals surface area contributed by atoms with Crippen LogP contribution >= 0.6 is 0 Å². The topological polar surface area (TPSA) is 50.8 Å². The monoisotopic (exact) mass is 330 g/mol. The highest BCUT2D eigenvalue weighted by Gasteiger charge is 2.15. The smallest absolute Gasteiger partial charge is 0.243 e. The number of ether oxygens (including phenoxy) is 2. The van der Waals surface area contributed by atoms with Crippen LogP contribution in [0.3, 0.4) is 0 Å². The predicted octanol–water partition coefficient (Wildman–Crippen LogP) is 2.67. The van der Waals surface area contributed by atoms with Crippen LogP contribution in [0.15, 0.2) is 24.3 Å². The number of carbonyl (C=O) groups is 1. The largest absolute Gasteiger partial charge is 0.454 e. The molecule has 130 valence electrons. The second-order valence-electron chi connectivity index (χ2n) is 6.61. The van der Waals surface area contributed by atoms with Gasteiger partial charge in [0.25, 0.3) is 0 Å². The van der Waals surface area contributed by atoms with Gasteiger partial charge in [0.15, 0.2) is 11.5 Å². The van der Waals surface area contributed by atoms with Crippen molar-refractivity contribution < 1.29 is 14.3 Å². The van der Waals surface area contributed by atoms with Gasteiger partial charge in [-0.15, -0.1) is 0 Å². The molecule has 3 rings (SSSR count). The average Bonchev–Trinajstić information content (AvgIpc) is 3.06. The van der Waals surface area contributed by atoms with Crippen LogP contribution in [0.4, 0.5) is 0 Å². The summed E-state index contributed by atoms with van der Waals surface area (Å²) in [5, 5.41) is 2.95. The highest BCUT2D eigenvalue weighted by molar-refractivity contribution is 5.91. The standard InChI is InChI=1S/C19H26N2O3/c1-15-7-11-21(12-8-15)10-2-9-20-19(22)6-4-16-3-5-17-18(13-16)24-14-23-17/h3-6,13,15H,2,7-12,14H2,1H3,(H,20,22)/b6-4+. The lowest BCUT2D eigenvalue weighted by atomic mass is 9.99. The summed E-state index contributed by atoms with van der Waals surface area (Å²) in [4.78, 5) is 14.4. The molecule has 0 aromatic heterocycles. The third-order valence-corrected chi connectivity index (χ3v) is 4.65. The first-order chi connectivity index (χ1) is 11.7. The number of nitrogens with one attached hydrogen (secondary N) is 1. The Balaban J connectivity index is 1.35. The minimum absolute atomic E-state index is 0.0556. The van der Waals surface area contributed by atoms with Crippen molar-refractivity contribution in [3.05, 3.63) is 29.8 Å². The van der Waals surface area contributed by atoms with Gasteiger partial charge in [-0.2, -0.15) is 0 Å². The van der Waals surface area contributed by atoms with E-state index in [0.29, 0.717) is 0 Å². The van der Waals surface area contributed by atoms with Crippen LogP contribution in [-0.4, -0.2) is 43.8 Å². The van der Waals surface area contributed by atoms with Crippen molar-refractivity contribution in [1.82, 2.24) is 10.2 Å². The molecule has 1 amide bonds.